The lowest BCUT2D eigenvalue weighted by Crippen LogP contribution is -2.36. The van der Waals surface area contributed by atoms with Gasteiger partial charge >= 0.3 is 0 Å². The van der Waals surface area contributed by atoms with E-state index in [-0.39, 0.29) is 0 Å². The molecule has 0 aliphatic carbocycles. The molecule has 0 amide bonds. The Morgan fingerprint density at radius 1 is 1.29 bits per heavy atom. The molecule has 0 saturated carbocycles. The van der Waals surface area contributed by atoms with E-state index in [1.807, 2.05) is 6.92 Å². The summed E-state index contributed by atoms with van der Waals surface area (Å²) in [6.45, 7) is 9.13. The zero-order valence-corrected chi connectivity index (χ0v) is 10.9. The van der Waals surface area contributed by atoms with Crippen LogP contribution in [0.4, 0.5) is 0 Å². The molecule has 2 heterocycles. The Morgan fingerprint density at radius 3 is 2.59 bits per heavy atom. The Balaban J connectivity index is 1.93. The Hall–Kier alpha value is -0.940. The molecule has 1 aliphatic heterocycles. The first kappa shape index (κ1) is 12.5. The van der Waals surface area contributed by atoms with Crippen molar-refractivity contribution in [2.45, 2.75) is 39.8 Å². The molecule has 1 aromatic rings. The average Bonchev–Trinajstić information content (AvgIpc) is 2.71. The van der Waals surface area contributed by atoms with Crippen molar-refractivity contribution in [2.75, 3.05) is 19.6 Å². The maximum Gasteiger partial charge on any atom is 0.147 e. The van der Waals surface area contributed by atoms with Crippen molar-refractivity contribution in [3.05, 3.63) is 11.6 Å². The molecule has 0 atom stereocenters. The third-order valence-electron chi connectivity index (χ3n) is 3.73. The first-order chi connectivity index (χ1) is 8.24. The van der Waals surface area contributed by atoms with Crippen molar-refractivity contribution in [3.8, 4) is 0 Å². The third kappa shape index (κ3) is 2.84. The lowest BCUT2D eigenvalue weighted by atomic mass is 9.97. The van der Waals surface area contributed by atoms with Gasteiger partial charge in [0.15, 0.2) is 0 Å². The molecule has 1 saturated heterocycles. The smallest absolute Gasteiger partial charge is 0.147 e. The SMILES string of the molecule is CCn1c(C)nnc1CN1CCC(CN)CC1. The molecule has 0 spiro atoms. The maximum absolute atomic E-state index is 5.71. The summed E-state index contributed by atoms with van der Waals surface area (Å²) in [7, 11) is 0. The summed E-state index contributed by atoms with van der Waals surface area (Å²) in [6.07, 6.45) is 2.44. The van der Waals surface area contributed by atoms with Gasteiger partial charge in [0.1, 0.15) is 11.6 Å². The van der Waals surface area contributed by atoms with E-state index in [1.54, 1.807) is 0 Å². The van der Waals surface area contributed by atoms with E-state index in [0.717, 1.165) is 50.3 Å². The van der Waals surface area contributed by atoms with E-state index >= 15 is 0 Å². The van der Waals surface area contributed by atoms with Gasteiger partial charge in [0.05, 0.1) is 6.54 Å². The van der Waals surface area contributed by atoms with Crippen LogP contribution in [0.3, 0.4) is 0 Å². The van der Waals surface area contributed by atoms with E-state index in [0.29, 0.717) is 0 Å². The molecule has 5 heteroatoms. The molecular weight excluding hydrogens is 214 g/mol. The zero-order valence-electron chi connectivity index (χ0n) is 10.9. The highest BCUT2D eigenvalue weighted by Crippen LogP contribution is 2.17. The molecule has 1 aromatic heterocycles. The number of aryl methyl sites for hydroxylation is 1. The molecule has 1 fully saturated rings. The maximum atomic E-state index is 5.71. The number of rotatable bonds is 4. The van der Waals surface area contributed by atoms with Crippen molar-refractivity contribution in [1.29, 1.82) is 0 Å². The van der Waals surface area contributed by atoms with Crippen LogP contribution >= 0.6 is 0 Å². The van der Waals surface area contributed by atoms with E-state index < -0.39 is 0 Å². The van der Waals surface area contributed by atoms with E-state index in [9.17, 15) is 0 Å². The topological polar surface area (TPSA) is 60.0 Å². The largest absolute Gasteiger partial charge is 0.330 e. The van der Waals surface area contributed by atoms with Crippen molar-refractivity contribution < 1.29 is 0 Å². The van der Waals surface area contributed by atoms with Crippen LogP contribution in [-0.4, -0.2) is 39.3 Å². The minimum atomic E-state index is 0.719. The van der Waals surface area contributed by atoms with Gasteiger partial charge in [-0.25, -0.2) is 0 Å². The van der Waals surface area contributed by atoms with Gasteiger partial charge in [-0.05, 0) is 52.2 Å². The van der Waals surface area contributed by atoms with Gasteiger partial charge in [-0.1, -0.05) is 0 Å². The van der Waals surface area contributed by atoms with Gasteiger partial charge in [0.25, 0.3) is 0 Å². The molecule has 1 aliphatic rings. The number of hydrogen-bond acceptors (Lipinski definition) is 4. The summed E-state index contributed by atoms with van der Waals surface area (Å²) in [5.74, 6) is 2.83. The van der Waals surface area contributed by atoms with Crippen molar-refractivity contribution in [1.82, 2.24) is 19.7 Å². The van der Waals surface area contributed by atoms with Crippen LogP contribution in [0.2, 0.25) is 0 Å². The Kier molecular flexibility index (Phi) is 4.12. The lowest BCUT2D eigenvalue weighted by molar-refractivity contribution is 0.175. The summed E-state index contributed by atoms with van der Waals surface area (Å²) >= 11 is 0. The van der Waals surface area contributed by atoms with Gasteiger partial charge < -0.3 is 10.3 Å². The quantitative estimate of drug-likeness (QED) is 0.840. The van der Waals surface area contributed by atoms with Crippen LogP contribution in [0, 0.1) is 12.8 Å². The molecule has 2 N–H and O–H groups in total. The molecular formula is C12H23N5. The van der Waals surface area contributed by atoms with Gasteiger partial charge in [0.2, 0.25) is 0 Å². The summed E-state index contributed by atoms with van der Waals surface area (Å²) < 4.78 is 2.19. The van der Waals surface area contributed by atoms with E-state index in [4.69, 9.17) is 5.73 Å². The predicted octanol–water partition coefficient (Wildman–Crippen LogP) is 0.777. The first-order valence-corrected chi connectivity index (χ1v) is 6.55. The molecule has 0 aromatic carbocycles. The predicted molar refractivity (Wildman–Crippen MR) is 67.5 cm³/mol. The zero-order chi connectivity index (χ0) is 12.3. The van der Waals surface area contributed by atoms with Crippen LogP contribution in [0.15, 0.2) is 0 Å². The molecule has 0 unspecified atom stereocenters. The molecule has 0 bridgehead atoms. The Morgan fingerprint density at radius 2 is 2.00 bits per heavy atom. The van der Waals surface area contributed by atoms with E-state index in [1.165, 1.54) is 12.8 Å². The molecule has 17 heavy (non-hydrogen) atoms. The second-order valence-electron chi connectivity index (χ2n) is 4.86. The van der Waals surface area contributed by atoms with Gasteiger partial charge in [0, 0.05) is 6.54 Å². The van der Waals surface area contributed by atoms with Gasteiger partial charge in [-0.15, -0.1) is 10.2 Å². The van der Waals surface area contributed by atoms with Gasteiger partial charge in [-0.2, -0.15) is 0 Å². The summed E-state index contributed by atoms with van der Waals surface area (Å²) in [4.78, 5) is 2.46. The second kappa shape index (κ2) is 5.60. The highest BCUT2D eigenvalue weighted by Gasteiger charge is 2.19. The molecule has 5 nitrogen and oxygen atoms in total. The van der Waals surface area contributed by atoms with Crippen LogP contribution in [-0.2, 0) is 13.1 Å². The first-order valence-electron chi connectivity index (χ1n) is 6.55. The highest BCUT2D eigenvalue weighted by atomic mass is 15.3. The molecule has 96 valence electrons. The summed E-state index contributed by atoms with van der Waals surface area (Å²) in [5.41, 5.74) is 5.71. The lowest BCUT2D eigenvalue weighted by Gasteiger charge is -2.30. The van der Waals surface area contributed by atoms with E-state index in [2.05, 4.69) is 26.6 Å². The van der Waals surface area contributed by atoms with Crippen molar-refractivity contribution >= 4 is 0 Å². The monoisotopic (exact) mass is 237 g/mol. The van der Waals surface area contributed by atoms with Crippen LogP contribution < -0.4 is 5.73 Å². The third-order valence-corrected chi connectivity index (χ3v) is 3.73. The summed E-state index contributed by atoms with van der Waals surface area (Å²) in [6, 6.07) is 0. The van der Waals surface area contributed by atoms with Crippen molar-refractivity contribution in [3.63, 3.8) is 0 Å². The van der Waals surface area contributed by atoms with Crippen LogP contribution in [0.1, 0.15) is 31.4 Å². The fourth-order valence-corrected chi connectivity index (χ4v) is 2.53. The highest BCUT2D eigenvalue weighted by molar-refractivity contribution is 4.94. The number of nitrogens with zero attached hydrogens (tertiary/aromatic N) is 4. The normalized spacial score (nSPS) is 18.8. The van der Waals surface area contributed by atoms with Gasteiger partial charge in [-0.3, -0.25) is 4.90 Å². The second-order valence-corrected chi connectivity index (χ2v) is 4.86. The standard InChI is InChI=1S/C12H23N5/c1-3-17-10(2)14-15-12(17)9-16-6-4-11(8-13)5-7-16/h11H,3-9,13H2,1-2H3. The number of likely N-dealkylation sites (tertiary alicyclic amines) is 1. The minimum Gasteiger partial charge on any atom is -0.330 e. The minimum absolute atomic E-state index is 0.719. The number of aromatic nitrogens is 3. The Labute approximate surface area is 103 Å². The van der Waals surface area contributed by atoms with Crippen LogP contribution in [0.25, 0.3) is 0 Å². The number of piperidine rings is 1. The number of hydrogen-bond donors (Lipinski definition) is 1. The van der Waals surface area contributed by atoms with Crippen molar-refractivity contribution in [2.24, 2.45) is 11.7 Å². The fraction of sp³-hybridized carbons (Fsp3) is 0.833. The average molecular weight is 237 g/mol. The van der Waals surface area contributed by atoms with Crippen LogP contribution in [0.5, 0.6) is 0 Å². The number of nitrogens with two attached hydrogens (primary N) is 1. The molecule has 0 radical (unpaired) electrons. The molecule has 2 rings (SSSR count). The summed E-state index contributed by atoms with van der Waals surface area (Å²) in [5, 5.41) is 8.42. The fourth-order valence-electron chi connectivity index (χ4n) is 2.53. The Bertz CT molecular complexity index is 352.